The first-order chi connectivity index (χ1) is 21.9. The Morgan fingerprint density at radius 3 is 1.56 bits per heavy atom. The van der Waals surface area contributed by atoms with Crippen molar-refractivity contribution in [3.8, 4) is 34.0 Å². The summed E-state index contributed by atoms with van der Waals surface area (Å²) in [5, 5.41) is 0. The molecule has 0 aliphatic carbocycles. The van der Waals surface area contributed by atoms with Crippen molar-refractivity contribution >= 4 is 11.8 Å². The van der Waals surface area contributed by atoms with Crippen molar-refractivity contribution in [2.24, 2.45) is 0 Å². The van der Waals surface area contributed by atoms with Crippen LogP contribution in [0.1, 0.15) is 39.1 Å². The maximum absolute atomic E-state index is 13.8. The third kappa shape index (κ3) is 6.56. The van der Waals surface area contributed by atoms with E-state index in [-0.39, 0.29) is 11.8 Å². The Morgan fingerprint density at radius 2 is 1.09 bits per heavy atom. The predicted molar refractivity (Wildman–Crippen MR) is 176 cm³/mol. The predicted octanol–water partition coefficient (Wildman–Crippen LogP) is 5.80. The normalized spacial score (nSPS) is 16.0. The molecule has 2 fully saturated rings. The number of aromatic nitrogens is 1. The summed E-state index contributed by atoms with van der Waals surface area (Å²) in [5.41, 5.74) is 5.68. The van der Waals surface area contributed by atoms with Gasteiger partial charge in [-0.1, -0.05) is 60.7 Å². The van der Waals surface area contributed by atoms with Crippen LogP contribution in [0.5, 0.6) is 11.5 Å². The number of hydrogen-bond donors (Lipinski definition) is 0. The van der Waals surface area contributed by atoms with Crippen LogP contribution in [-0.2, 0) is 0 Å². The zero-order chi connectivity index (χ0) is 31.3. The van der Waals surface area contributed by atoms with Crippen molar-refractivity contribution in [2.75, 3.05) is 53.5 Å². The van der Waals surface area contributed by atoms with Crippen molar-refractivity contribution in [3.63, 3.8) is 0 Å². The third-order valence-corrected chi connectivity index (χ3v) is 9.08. The lowest BCUT2D eigenvalue weighted by molar-refractivity contribution is 0.0412. The molecule has 0 saturated carbocycles. The van der Waals surface area contributed by atoms with Gasteiger partial charge in [0.1, 0.15) is 11.5 Å². The Morgan fingerprint density at radius 1 is 0.644 bits per heavy atom. The van der Waals surface area contributed by atoms with Crippen molar-refractivity contribution < 1.29 is 19.1 Å². The van der Waals surface area contributed by atoms with E-state index in [4.69, 9.17) is 14.5 Å². The highest BCUT2D eigenvalue weighted by molar-refractivity contribution is 5.97. The van der Waals surface area contributed by atoms with Crippen molar-refractivity contribution in [3.05, 3.63) is 102 Å². The fourth-order valence-electron chi connectivity index (χ4n) is 6.47. The molecule has 2 aliphatic heterocycles. The van der Waals surface area contributed by atoms with Crippen LogP contribution in [-0.4, -0.2) is 91.0 Å². The Kier molecular flexibility index (Phi) is 9.12. The van der Waals surface area contributed by atoms with Gasteiger partial charge in [-0.3, -0.25) is 14.5 Å². The molecule has 2 aliphatic rings. The van der Waals surface area contributed by atoms with Gasteiger partial charge < -0.3 is 19.3 Å². The summed E-state index contributed by atoms with van der Waals surface area (Å²) in [5.74, 6) is 1.34. The minimum Gasteiger partial charge on any atom is -0.496 e. The summed E-state index contributed by atoms with van der Waals surface area (Å²) in [6, 6.07) is 27.9. The molecule has 0 unspecified atom stereocenters. The first-order valence-corrected chi connectivity index (χ1v) is 15.6. The zero-order valence-corrected chi connectivity index (χ0v) is 26.2. The highest BCUT2D eigenvalue weighted by Crippen LogP contribution is 2.31. The number of likely N-dealkylation sites (tertiary alicyclic amines) is 1. The first kappa shape index (κ1) is 30.3. The van der Waals surface area contributed by atoms with Crippen molar-refractivity contribution in [2.45, 2.75) is 25.8 Å². The fraction of sp³-hybridized carbons (Fsp3) is 0.324. The van der Waals surface area contributed by atoms with Gasteiger partial charge in [-0.15, -0.1) is 0 Å². The van der Waals surface area contributed by atoms with Crippen LogP contribution in [0.4, 0.5) is 0 Å². The lowest BCUT2D eigenvalue weighted by Gasteiger charge is -2.42. The highest BCUT2D eigenvalue weighted by atomic mass is 16.5. The number of hydrogen-bond acceptors (Lipinski definition) is 6. The van der Waals surface area contributed by atoms with Crippen LogP contribution in [0, 0.1) is 6.92 Å². The van der Waals surface area contributed by atoms with E-state index in [1.54, 1.807) is 26.4 Å². The number of piperidine rings is 1. The summed E-state index contributed by atoms with van der Waals surface area (Å²) < 4.78 is 11.0. The molecule has 45 heavy (non-hydrogen) atoms. The van der Waals surface area contributed by atoms with Gasteiger partial charge in [0.05, 0.1) is 25.6 Å². The Bertz CT molecular complexity index is 1560. The van der Waals surface area contributed by atoms with Gasteiger partial charge in [0.2, 0.25) is 0 Å². The summed E-state index contributed by atoms with van der Waals surface area (Å²) in [6.07, 6.45) is 1.82. The molecular formula is C37H40N4O4. The zero-order valence-electron chi connectivity index (χ0n) is 26.2. The molecule has 4 aromatic rings. The molecule has 0 radical (unpaired) electrons. The summed E-state index contributed by atoms with van der Waals surface area (Å²) in [4.78, 5) is 38.5. The number of rotatable bonds is 7. The van der Waals surface area contributed by atoms with E-state index < -0.39 is 0 Å². The largest absolute Gasteiger partial charge is 0.496 e. The number of amides is 2. The van der Waals surface area contributed by atoms with E-state index in [0.29, 0.717) is 54.8 Å². The van der Waals surface area contributed by atoms with Crippen LogP contribution in [0.25, 0.3) is 22.5 Å². The van der Waals surface area contributed by atoms with Gasteiger partial charge in [-0.25, -0.2) is 4.98 Å². The molecule has 2 saturated heterocycles. The summed E-state index contributed by atoms with van der Waals surface area (Å²) >= 11 is 0. The van der Waals surface area contributed by atoms with E-state index in [9.17, 15) is 9.59 Å². The fourth-order valence-corrected chi connectivity index (χ4v) is 6.47. The summed E-state index contributed by atoms with van der Waals surface area (Å²) in [6.45, 7) is 6.30. The van der Waals surface area contributed by atoms with Gasteiger partial charge >= 0.3 is 0 Å². The van der Waals surface area contributed by atoms with E-state index in [2.05, 4.69) is 4.90 Å². The molecule has 0 bridgehead atoms. The van der Waals surface area contributed by atoms with Crippen LogP contribution in [0.3, 0.4) is 0 Å². The Balaban J connectivity index is 1.09. The molecule has 232 valence electrons. The number of carbonyl (C=O) groups is 2. The molecule has 2 amide bonds. The topological polar surface area (TPSA) is 75.2 Å². The minimum absolute atomic E-state index is 0.00237. The number of methoxy groups -OCH3 is 2. The van der Waals surface area contributed by atoms with E-state index >= 15 is 0 Å². The van der Waals surface area contributed by atoms with Gasteiger partial charge in [0, 0.05) is 73.1 Å². The van der Waals surface area contributed by atoms with Gasteiger partial charge in [0.15, 0.2) is 0 Å². The Hall–Kier alpha value is -4.69. The number of nitrogens with zero attached hydrogens (tertiary/aromatic N) is 4. The van der Waals surface area contributed by atoms with Crippen molar-refractivity contribution in [1.82, 2.24) is 19.7 Å². The lowest BCUT2D eigenvalue weighted by atomic mass is 10.0. The van der Waals surface area contributed by atoms with Crippen LogP contribution in [0.15, 0.2) is 84.9 Å². The van der Waals surface area contributed by atoms with Crippen LogP contribution < -0.4 is 9.47 Å². The smallest absolute Gasteiger partial charge is 0.254 e. The molecule has 8 heteroatoms. The molecular weight excluding hydrogens is 564 g/mol. The molecule has 0 spiro atoms. The third-order valence-electron chi connectivity index (χ3n) is 9.08. The second-order valence-corrected chi connectivity index (χ2v) is 11.7. The maximum atomic E-state index is 13.8. The lowest BCUT2D eigenvalue weighted by Crippen LogP contribution is -2.54. The number of piperazine rings is 1. The molecule has 0 N–H and O–H groups in total. The minimum atomic E-state index is 0.00237. The first-order valence-electron chi connectivity index (χ1n) is 15.6. The number of ether oxygens (including phenoxy) is 2. The van der Waals surface area contributed by atoms with E-state index in [1.807, 2.05) is 89.5 Å². The quantitative estimate of drug-likeness (QED) is 0.265. The second kappa shape index (κ2) is 13.5. The van der Waals surface area contributed by atoms with Gasteiger partial charge in [0.25, 0.3) is 11.8 Å². The van der Waals surface area contributed by atoms with Crippen LogP contribution in [0.2, 0.25) is 0 Å². The molecule has 8 nitrogen and oxygen atoms in total. The molecule has 0 atom stereocenters. The highest BCUT2D eigenvalue weighted by Gasteiger charge is 2.31. The van der Waals surface area contributed by atoms with E-state index in [1.165, 1.54) is 0 Å². The number of pyridine rings is 1. The van der Waals surface area contributed by atoms with Gasteiger partial charge in [-0.2, -0.15) is 0 Å². The van der Waals surface area contributed by atoms with Crippen LogP contribution >= 0.6 is 0 Å². The average Bonchev–Trinajstić information content (AvgIpc) is 3.12. The summed E-state index contributed by atoms with van der Waals surface area (Å²) in [7, 11) is 3.21. The Labute approximate surface area is 265 Å². The molecule has 6 rings (SSSR count). The van der Waals surface area contributed by atoms with E-state index in [0.717, 1.165) is 54.0 Å². The second-order valence-electron chi connectivity index (χ2n) is 11.7. The average molecular weight is 605 g/mol. The molecule has 1 aromatic heterocycles. The number of carbonyl (C=O) groups excluding carboxylic acids is 2. The SMILES string of the molecule is COc1cc(C(=O)N2CCC(N3CCN(C(=O)c4cc(-c5ccccc5)nc(-c5ccccc5)c4)CC3)CC2)cc(OC)c1C. The molecule has 3 aromatic carbocycles. The standard InChI is InChI=1S/C37H40N4O4/c1-26-34(44-2)24-30(25-35(26)45-3)37(43)40-16-14-31(15-17-40)39-18-20-41(21-19-39)36(42)29-22-32(27-10-6-4-7-11-27)38-33(23-29)28-12-8-5-9-13-28/h4-13,22-25,31H,14-21H2,1-3H3. The number of benzene rings is 3. The maximum Gasteiger partial charge on any atom is 0.254 e. The monoisotopic (exact) mass is 604 g/mol. The van der Waals surface area contributed by atoms with Crippen molar-refractivity contribution in [1.29, 1.82) is 0 Å². The van der Waals surface area contributed by atoms with Gasteiger partial charge in [-0.05, 0) is 44.0 Å². The molecule has 3 heterocycles.